The van der Waals surface area contributed by atoms with Crippen molar-refractivity contribution in [3.05, 3.63) is 0 Å². The predicted molar refractivity (Wildman–Crippen MR) is 92.4 cm³/mol. The fourth-order valence-electron chi connectivity index (χ4n) is 5.82. The Morgan fingerprint density at radius 2 is 1.23 bits per heavy atom. The summed E-state index contributed by atoms with van der Waals surface area (Å²) >= 11 is 0. The summed E-state index contributed by atoms with van der Waals surface area (Å²) in [7, 11) is 0. The second kappa shape index (κ2) is 7.84. The van der Waals surface area contributed by atoms with Gasteiger partial charge >= 0.3 is 0 Å². The third-order valence-electron chi connectivity index (χ3n) is 7.26. The third-order valence-corrected chi connectivity index (χ3v) is 7.26. The van der Waals surface area contributed by atoms with Crippen molar-refractivity contribution in [2.45, 2.75) is 90.4 Å². The molecule has 2 nitrogen and oxygen atoms in total. The molecule has 3 aliphatic rings. The molecular weight excluding hydrogens is 270 g/mol. The average Bonchev–Trinajstić information content (AvgIpc) is 2.62. The zero-order chi connectivity index (χ0) is 15.4. The lowest BCUT2D eigenvalue weighted by Crippen LogP contribution is -2.31. The molecule has 0 bridgehead atoms. The van der Waals surface area contributed by atoms with E-state index in [2.05, 4.69) is 5.16 Å². The van der Waals surface area contributed by atoms with E-state index in [1.54, 1.807) is 0 Å². The molecule has 2 unspecified atom stereocenters. The van der Waals surface area contributed by atoms with Crippen molar-refractivity contribution in [1.82, 2.24) is 0 Å². The van der Waals surface area contributed by atoms with Crippen LogP contribution in [0.15, 0.2) is 5.16 Å². The van der Waals surface area contributed by atoms with Gasteiger partial charge in [0.2, 0.25) is 0 Å². The lowest BCUT2D eigenvalue weighted by atomic mass is 9.64. The van der Waals surface area contributed by atoms with Gasteiger partial charge in [-0.1, -0.05) is 56.5 Å². The molecule has 0 saturated heterocycles. The van der Waals surface area contributed by atoms with Crippen molar-refractivity contribution in [2.75, 3.05) is 0 Å². The Kier molecular flexibility index (Phi) is 5.82. The van der Waals surface area contributed by atoms with Crippen LogP contribution in [0.5, 0.6) is 0 Å². The second-order valence-corrected chi connectivity index (χ2v) is 8.44. The summed E-state index contributed by atoms with van der Waals surface area (Å²) in [4.78, 5) is 0. The molecule has 3 aliphatic carbocycles. The molecule has 0 amide bonds. The molecule has 0 aromatic rings. The van der Waals surface area contributed by atoms with Gasteiger partial charge in [0.1, 0.15) is 0 Å². The lowest BCUT2D eigenvalue weighted by Gasteiger charge is -2.41. The monoisotopic (exact) mass is 305 g/mol. The molecule has 3 saturated carbocycles. The summed E-state index contributed by atoms with van der Waals surface area (Å²) in [5, 5.41) is 12.4. The number of hydrogen-bond donors (Lipinski definition) is 1. The van der Waals surface area contributed by atoms with Crippen LogP contribution in [0.1, 0.15) is 90.4 Å². The minimum atomic E-state index is 0.555. The molecule has 0 heterocycles. The van der Waals surface area contributed by atoms with Crippen LogP contribution in [0.25, 0.3) is 0 Å². The van der Waals surface area contributed by atoms with Crippen LogP contribution in [0.2, 0.25) is 0 Å². The first-order chi connectivity index (χ1) is 10.8. The molecule has 3 rings (SSSR count). The first kappa shape index (κ1) is 16.3. The normalized spacial score (nSPS) is 38.9. The van der Waals surface area contributed by atoms with Crippen LogP contribution < -0.4 is 0 Å². The Labute approximate surface area is 136 Å². The minimum Gasteiger partial charge on any atom is -0.411 e. The third kappa shape index (κ3) is 3.86. The Balaban J connectivity index is 1.50. The largest absolute Gasteiger partial charge is 0.411 e. The van der Waals surface area contributed by atoms with Gasteiger partial charge < -0.3 is 5.21 Å². The second-order valence-electron chi connectivity index (χ2n) is 8.44. The molecular formula is C20H35NO. The minimum absolute atomic E-state index is 0.555. The van der Waals surface area contributed by atoms with Gasteiger partial charge in [0.05, 0.1) is 5.71 Å². The van der Waals surface area contributed by atoms with Gasteiger partial charge in [-0.25, -0.2) is 0 Å². The number of nitrogens with zero attached hydrogens (tertiary/aromatic N) is 1. The van der Waals surface area contributed by atoms with Gasteiger partial charge in [-0.2, -0.15) is 0 Å². The maximum Gasteiger partial charge on any atom is 0.0570 e. The molecule has 0 aromatic heterocycles. The van der Waals surface area contributed by atoms with Gasteiger partial charge in [0.15, 0.2) is 0 Å². The standard InChI is InChI=1S/C20H35NO/c1-15(21-22)16-10-12-18(13-11-16)20-9-5-8-19(14-20)17-6-3-2-4-7-17/h16-20,22H,2-14H2,1H3/b21-15-. The topological polar surface area (TPSA) is 32.6 Å². The fraction of sp³-hybridized carbons (Fsp3) is 0.950. The highest BCUT2D eigenvalue weighted by atomic mass is 16.4. The predicted octanol–water partition coefficient (Wildman–Crippen LogP) is 6.03. The first-order valence-electron chi connectivity index (χ1n) is 9.96. The summed E-state index contributed by atoms with van der Waals surface area (Å²) in [5.74, 6) is 4.65. The van der Waals surface area contributed by atoms with Crippen molar-refractivity contribution < 1.29 is 5.21 Å². The quantitative estimate of drug-likeness (QED) is 0.385. The zero-order valence-electron chi connectivity index (χ0n) is 14.5. The van der Waals surface area contributed by atoms with Crippen molar-refractivity contribution in [3.8, 4) is 0 Å². The van der Waals surface area contributed by atoms with E-state index in [1.165, 1.54) is 83.5 Å². The molecule has 3 fully saturated rings. The van der Waals surface area contributed by atoms with E-state index in [1.807, 2.05) is 6.92 Å². The number of hydrogen-bond acceptors (Lipinski definition) is 2. The molecule has 22 heavy (non-hydrogen) atoms. The van der Waals surface area contributed by atoms with Crippen LogP contribution in [0, 0.1) is 29.6 Å². The highest BCUT2D eigenvalue weighted by Crippen LogP contribution is 2.46. The van der Waals surface area contributed by atoms with E-state index in [-0.39, 0.29) is 0 Å². The highest BCUT2D eigenvalue weighted by molar-refractivity contribution is 5.83. The molecule has 0 radical (unpaired) electrons. The maximum atomic E-state index is 8.97. The molecule has 126 valence electrons. The summed E-state index contributed by atoms with van der Waals surface area (Å²) in [5.41, 5.74) is 0.960. The van der Waals surface area contributed by atoms with Gasteiger partial charge in [-0.05, 0) is 62.7 Å². The van der Waals surface area contributed by atoms with Crippen molar-refractivity contribution in [3.63, 3.8) is 0 Å². The number of oxime groups is 1. The molecule has 0 aliphatic heterocycles. The van der Waals surface area contributed by atoms with Gasteiger partial charge in [0.25, 0.3) is 0 Å². The van der Waals surface area contributed by atoms with Crippen molar-refractivity contribution >= 4 is 5.71 Å². The zero-order valence-corrected chi connectivity index (χ0v) is 14.5. The van der Waals surface area contributed by atoms with E-state index in [0.29, 0.717) is 5.92 Å². The number of rotatable bonds is 3. The molecule has 1 N–H and O–H groups in total. The average molecular weight is 306 g/mol. The van der Waals surface area contributed by atoms with E-state index < -0.39 is 0 Å². The van der Waals surface area contributed by atoms with Crippen molar-refractivity contribution in [2.24, 2.45) is 34.7 Å². The highest BCUT2D eigenvalue weighted by Gasteiger charge is 2.34. The summed E-state index contributed by atoms with van der Waals surface area (Å²) < 4.78 is 0. The SMILES string of the molecule is C/C(=N/O)C1CCC(C2CCCC(C3CCCCC3)C2)CC1. The van der Waals surface area contributed by atoms with Crippen LogP contribution in [-0.4, -0.2) is 10.9 Å². The van der Waals surface area contributed by atoms with Crippen LogP contribution in [-0.2, 0) is 0 Å². The van der Waals surface area contributed by atoms with Crippen LogP contribution in [0.4, 0.5) is 0 Å². The smallest absolute Gasteiger partial charge is 0.0570 e. The Bertz CT molecular complexity index is 364. The molecule has 0 aromatic carbocycles. The lowest BCUT2D eigenvalue weighted by molar-refractivity contribution is 0.106. The van der Waals surface area contributed by atoms with E-state index >= 15 is 0 Å². The first-order valence-corrected chi connectivity index (χ1v) is 9.96. The van der Waals surface area contributed by atoms with E-state index in [9.17, 15) is 0 Å². The maximum absolute atomic E-state index is 8.97. The van der Waals surface area contributed by atoms with Crippen molar-refractivity contribution in [1.29, 1.82) is 0 Å². The Morgan fingerprint density at radius 3 is 1.82 bits per heavy atom. The summed E-state index contributed by atoms with van der Waals surface area (Å²) in [6.07, 6.45) is 18.8. The molecule has 2 atom stereocenters. The fourth-order valence-corrected chi connectivity index (χ4v) is 5.82. The van der Waals surface area contributed by atoms with E-state index in [4.69, 9.17) is 5.21 Å². The Morgan fingerprint density at radius 1 is 0.682 bits per heavy atom. The molecule has 2 heteroatoms. The van der Waals surface area contributed by atoms with Crippen LogP contribution in [0.3, 0.4) is 0 Å². The van der Waals surface area contributed by atoms with E-state index in [0.717, 1.165) is 29.4 Å². The summed E-state index contributed by atoms with van der Waals surface area (Å²) in [6.45, 7) is 1.99. The summed E-state index contributed by atoms with van der Waals surface area (Å²) in [6, 6.07) is 0. The molecule has 0 spiro atoms. The van der Waals surface area contributed by atoms with Gasteiger partial charge in [-0.3, -0.25) is 0 Å². The van der Waals surface area contributed by atoms with Gasteiger partial charge in [0, 0.05) is 5.92 Å². The Hall–Kier alpha value is -0.530. The van der Waals surface area contributed by atoms with Crippen LogP contribution >= 0.6 is 0 Å². The van der Waals surface area contributed by atoms with Gasteiger partial charge in [-0.15, -0.1) is 0 Å².